The van der Waals surface area contributed by atoms with Crippen LogP contribution in [0.5, 0.6) is 0 Å². The number of nitriles is 1. The zero-order valence-corrected chi connectivity index (χ0v) is 15.4. The SMILES string of the molecule is Cc1cc(C(F)(F)F)c(C#N)c(SCc2coc(-c3ccc(Cl)cc3)n2)n1. The van der Waals surface area contributed by atoms with Crippen molar-refractivity contribution in [2.45, 2.75) is 23.9 Å². The molecule has 2 heterocycles. The number of halogens is 4. The number of thioether (sulfide) groups is 1. The van der Waals surface area contributed by atoms with Gasteiger partial charge in [0.2, 0.25) is 5.89 Å². The summed E-state index contributed by atoms with van der Waals surface area (Å²) in [5.74, 6) is 0.579. The molecule has 0 fully saturated rings. The first-order valence-electron chi connectivity index (χ1n) is 7.60. The summed E-state index contributed by atoms with van der Waals surface area (Å²) in [5.41, 5.74) is -0.0422. The van der Waals surface area contributed by atoms with E-state index in [1.165, 1.54) is 13.2 Å². The van der Waals surface area contributed by atoms with Gasteiger partial charge in [0.25, 0.3) is 0 Å². The first-order valence-corrected chi connectivity index (χ1v) is 8.96. The number of pyridine rings is 1. The fraction of sp³-hybridized carbons (Fsp3) is 0.167. The molecule has 0 unspecified atom stereocenters. The van der Waals surface area contributed by atoms with Crippen LogP contribution in [0.2, 0.25) is 5.02 Å². The van der Waals surface area contributed by atoms with Gasteiger partial charge in [0.1, 0.15) is 17.4 Å². The Morgan fingerprint density at radius 1 is 1.22 bits per heavy atom. The zero-order valence-electron chi connectivity index (χ0n) is 13.8. The number of benzene rings is 1. The molecule has 0 amide bonds. The van der Waals surface area contributed by atoms with Gasteiger partial charge in [0.15, 0.2) is 0 Å². The predicted molar refractivity (Wildman–Crippen MR) is 95.2 cm³/mol. The van der Waals surface area contributed by atoms with Gasteiger partial charge in [0, 0.05) is 22.0 Å². The number of nitrogens with zero attached hydrogens (tertiary/aromatic N) is 3. The monoisotopic (exact) mass is 409 g/mol. The number of oxazole rings is 1. The smallest absolute Gasteiger partial charge is 0.417 e. The van der Waals surface area contributed by atoms with Crippen LogP contribution in [-0.4, -0.2) is 9.97 Å². The molecule has 138 valence electrons. The van der Waals surface area contributed by atoms with Crippen molar-refractivity contribution < 1.29 is 17.6 Å². The molecule has 27 heavy (non-hydrogen) atoms. The van der Waals surface area contributed by atoms with Crippen molar-refractivity contribution in [1.82, 2.24) is 9.97 Å². The van der Waals surface area contributed by atoms with Crippen molar-refractivity contribution in [2.24, 2.45) is 0 Å². The number of aromatic nitrogens is 2. The van der Waals surface area contributed by atoms with Crippen molar-refractivity contribution in [3.8, 4) is 17.5 Å². The highest BCUT2D eigenvalue weighted by atomic mass is 35.5. The van der Waals surface area contributed by atoms with E-state index in [-0.39, 0.29) is 16.5 Å². The van der Waals surface area contributed by atoms with Crippen molar-refractivity contribution in [3.05, 3.63) is 64.1 Å². The van der Waals surface area contributed by atoms with Gasteiger partial charge in [-0.1, -0.05) is 23.4 Å². The van der Waals surface area contributed by atoms with Crippen LogP contribution in [0.4, 0.5) is 13.2 Å². The summed E-state index contributed by atoms with van der Waals surface area (Å²) in [7, 11) is 0. The molecule has 0 atom stereocenters. The minimum atomic E-state index is -4.62. The standard InChI is InChI=1S/C18H11ClF3N3OS/c1-10-6-15(18(20,21)22)14(7-23)17(24-10)27-9-13-8-26-16(25-13)11-2-4-12(19)5-3-11/h2-6,8H,9H2,1H3. The molecule has 0 bridgehead atoms. The van der Waals surface area contributed by atoms with Crippen molar-refractivity contribution in [1.29, 1.82) is 5.26 Å². The van der Waals surface area contributed by atoms with Crippen LogP contribution in [0.3, 0.4) is 0 Å². The minimum absolute atomic E-state index is 0.0147. The van der Waals surface area contributed by atoms with E-state index in [0.29, 0.717) is 16.6 Å². The van der Waals surface area contributed by atoms with Crippen molar-refractivity contribution in [2.75, 3.05) is 0 Å². The average molecular weight is 410 g/mol. The highest BCUT2D eigenvalue weighted by molar-refractivity contribution is 7.98. The van der Waals surface area contributed by atoms with Crippen LogP contribution >= 0.6 is 23.4 Å². The highest BCUT2D eigenvalue weighted by Gasteiger charge is 2.35. The second-order valence-electron chi connectivity index (χ2n) is 5.54. The zero-order chi connectivity index (χ0) is 19.6. The van der Waals surface area contributed by atoms with Gasteiger partial charge >= 0.3 is 6.18 Å². The largest absolute Gasteiger partial charge is 0.444 e. The average Bonchev–Trinajstić information content (AvgIpc) is 3.08. The molecule has 0 radical (unpaired) electrons. The summed E-state index contributed by atoms with van der Waals surface area (Å²) in [4.78, 5) is 8.39. The van der Waals surface area contributed by atoms with E-state index in [1.807, 2.05) is 0 Å². The number of rotatable bonds is 4. The Hall–Kier alpha value is -2.50. The minimum Gasteiger partial charge on any atom is -0.444 e. The normalized spacial score (nSPS) is 11.4. The number of alkyl halides is 3. The molecule has 0 N–H and O–H groups in total. The van der Waals surface area contributed by atoms with E-state index in [4.69, 9.17) is 16.0 Å². The molecule has 1 aromatic carbocycles. The second kappa shape index (κ2) is 7.62. The number of hydrogen-bond acceptors (Lipinski definition) is 5. The molecule has 0 aliphatic carbocycles. The van der Waals surface area contributed by atoms with Gasteiger partial charge in [-0.25, -0.2) is 9.97 Å². The maximum Gasteiger partial charge on any atom is 0.417 e. The molecule has 0 aliphatic rings. The molecule has 0 aliphatic heterocycles. The molecular weight excluding hydrogens is 399 g/mol. The van der Waals surface area contributed by atoms with Crippen LogP contribution in [0.15, 0.2) is 46.0 Å². The highest BCUT2D eigenvalue weighted by Crippen LogP contribution is 2.36. The molecule has 3 aromatic rings. The predicted octanol–water partition coefficient (Wildman–Crippen LogP) is 5.88. The molecule has 0 spiro atoms. The maximum atomic E-state index is 13.2. The molecular formula is C18H11ClF3N3OS. The third-order valence-corrected chi connectivity index (χ3v) is 4.79. The van der Waals surface area contributed by atoms with Gasteiger partial charge in [0.05, 0.1) is 16.8 Å². The Kier molecular flexibility index (Phi) is 5.44. The van der Waals surface area contributed by atoms with Crippen LogP contribution in [-0.2, 0) is 11.9 Å². The molecule has 2 aromatic heterocycles. The Bertz CT molecular complexity index is 1010. The summed E-state index contributed by atoms with van der Waals surface area (Å²) < 4.78 is 44.9. The first kappa shape index (κ1) is 19.3. The lowest BCUT2D eigenvalue weighted by Gasteiger charge is -2.12. The molecule has 9 heteroatoms. The van der Waals surface area contributed by atoms with Gasteiger partial charge in [-0.15, -0.1) is 0 Å². The summed E-state index contributed by atoms with van der Waals surface area (Å²) >= 11 is 6.84. The lowest BCUT2D eigenvalue weighted by molar-refractivity contribution is -0.138. The van der Waals surface area contributed by atoms with E-state index in [0.717, 1.165) is 23.4 Å². The van der Waals surface area contributed by atoms with Crippen LogP contribution in [0, 0.1) is 18.3 Å². The quantitative estimate of drug-likeness (QED) is 0.503. The fourth-order valence-corrected chi connectivity index (χ4v) is 3.37. The third-order valence-electron chi connectivity index (χ3n) is 3.53. The van der Waals surface area contributed by atoms with Crippen LogP contribution in [0.25, 0.3) is 11.5 Å². The maximum absolute atomic E-state index is 13.2. The number of hydrogen-bond donors (Lipinski definition) is 0. The van der Waals surface area contributed by atoms with Crippen molar-refractivity contribution in [3.63, 3.8) is 0 Å². The fourth-order valence-electron chi connectivity index (χ4n) is 2.32. The van der Waals surface area contributed by atoms with Crippen LogP contribution in [0.1, 0.15) is 22.5 Å². The third kappa shape index (κ3) is 4.43. The van der Waals surface area contributed by atoms with E-state index in [1.54, 1.807) is 30.3 Å². The Morgan fingerprint density at radius 3 is 2.56 bits per heavy atom. The summed E-state index contributed by atoms with van der Waals surface area (Å²) in [5, 5.41) is 9.77. The first-order chi connectivity index (χ1) is 12.8. The van der Waals surface area contributed by atoms with E-state index < -0.39 is 17.3 Å². The van der Waals surface area contributed by atoms with Gasteiger partial charge in [-0.2, -0.15) is 18.4 Å². The van der Waals surface area contributed by atoms with E-state index in [9.17, 15) is 18.4 Å². The molecule has 0 saturated carbocycles. The molecule has 3 rings (SSSR count). The lowest BCUT2D eigenvalue weighted by atomic mass is 10.1. The number of aryl methyl sites for hydroxylation is 1. The molecule has 4 nitrogen and oxygen atoms in total. The van der Waals surface area contributed by atoms with E-state index in [2.05, 4.69) is 9.97 Å². The van der Waals surface area contributed by atoms with Gasteiger partial charge < -0.3 is 4.42 Å². The lowest BCUT2D eigenvalue weighted by Crippen LogP contribution is -2.10. The van der Waals surface area contributed by atoms with Crippen molar-refractivity contribution >= 4 is 23.4 Å². The van der Waals surface area contributed by atoms with E-state index >= 15 is 0 Å². The summed E-state index contributed by atoms with van der Waals surface area (Å²) in [6.07, 6.45) is -3.20. The topological polar surface area (TPSA) is 62.7 Å². The van der Waals surface area contributed by atoms with Gasteiger partial charge in [-0.05, 0) is 37.3 Å². The Balaban J connectivity index is 1.83. The summed E-state index contributed by atoms with van der Waals surface area (Å²) in [6, 6.07) is 9.37. The molecule has 0 saturated heterocycles. The van der Waals surface area contributed by atoms with Crippen LogP contribution < -0.4 is 0 Å². The van der Waals surface area contributed by atoms with Gasteiger partial charge in [-0.3, -0.25) is 0 Å². The Labute approximate surface area is 162 Å². The summed E-state index contributed by atoms with van der Waals surface area (Å²) in [6.45, 7) is 1.45. The Morgan fingerprint density at radius 2 is 1.93 bits per heavy atom. The second-order valence-corrected chi connectivity index (χ2v) is 6.94.